The van der Waals surface area contributed by atoms with E-state index in [4.69, 9.17) is 14.8 Å². The van der Waals surface area contributed by atoms with Gasteiger partial charge in [0.1, 0.15) is 5.60 Å². The van der Waals surface area contributed by atoms with E-state index in [0.29, 0.717) is 25.7 Å². The van der Waals surface area contributed by atoms with Crippen molar-refractivity contribution in [3.63, 3.8) is 0 Å². The van der Waals surface area contributed by atoms with E-state index in [1.807, 2.05) is 0 Å². The molecule has 1 fully saturated rings. The molecule has 0 amide bonds. The van der Waals surface area contributed by atoms with Gasteiger partial charge in [-0.15, -0.1) is 5.06 Å². The van der Waals surface area contributed by atoms with Gasteiger partial charge < -0.3 is 14.9 Å². The molecular weight excluding hydrogens is 234 g/mol. The van der Waals surface area contributed by atoms with Crippen LogP contribution < -0.4 is 5.32 Å². The fourth-order valence-corrected chi connectivity index (χ4v) is 1.72. The third-order valence-corrected chi connectivity index (χ3v) is 2.52. The Morgan fingerprint density at radius 1 is 1.44 bits per heavy atom. The summed E-state index contributed by atoms with van der Waals surface area (Å²) in [5.74, 6) is 0. The van der Waals surface area contributed by atoms with E-state index in [0.717, 1.165) is 12.8 Å². The molecule has 0 aliphatic carbocycles. The van der Waals surface area contributed by atoms with E-state index in [1.165, 1.54) is 0 Å². The van der Waals surface area contributed by atoms with Gasteiger partial charge in [-0.1, -0.05) is 0 Å². The molecule has 0 spiro atoms. The summed E-state index contributed by atoms with van der Waals surface area (Å²) in [5.41, 5.74) is -0.538. The van der Waals surface area contributed by atoms with Gasteiger partial charge in [-0.3, -0.25) is 0 Å². The fraction of sp³-hybridized carbons (Fsp3) is 0.833. The third-order valence-electron chi connectivity index (χ3n) is 2.52. The number of ether oxygens (including phenoxy) is 1. The normalized spacial score (nSPS) is 18.1. The van der Waals surface area contributed by atoms with Crippen LogP contribution in [0.25, 0.3) is 0 Å². The number of rotatable bonds is 3. The van der Waals surface area contributed by atoms with Gasteiger partial charge in [0.25, 0.3) is 0 Å². The number of hydrogen-bond acceptors (Lipinski definition) is 6. The molecule has 0 aromatic rings. The minimum atomic E-state index is -0.661. The lowest BCUT2D eigenvalue weighted by atomic mass is 10.1. The Morgan fingerprint density at radius 3 is 2.56 bits per heavy atom. The third kappa shape index (κ3) is 5.84. The molecule has 1 aliphatic heterocycles. The average Bonchev–Trinajstić information content (AvgIpc) is 2.25. The van der Waals surface area contributed by atoms with Crippen molar-refractivity contribution >= 4 is 6.16 Å². The van der Waals surface area contributed by atoms with E-state index in [-0.39, 0.29) is 0 Å². The molecule has 0 atom stereocenters. The van der Waals surface area contributed by atoms with Crippen LogP contribution in [-0.2, 0) is 9.57 Å². The van der Waals surface area contributed by atoms with Crippen molar-refractivity contribution in [2.45, 2.75) is 45.3 Å². The first kappa shape index (κ1) is 14.7. The SMILES string of the molecule is CC(C)(C)OC(=O)ON1CCC(NCC#N)CC1. The Kier molecular flexibility index (Phi) is 5.38. The summed E-state index contributed by atoms with van der Waals surface area (Å²) in [6.45, 7) is 7.06. The standard InChI is InChI=1S/C12H21N3O3/c1-12(2,3)17-11(16)18-15-8-4-10(5-9-15)14-7-6-13/h10,14H,4-5,7-9H2,1-3H3. The van der Waals surface area contributed by atoms with Crippen molar-refractivity contribution in [2.24, 2.45) is 0 Å². The molecular formula is C12H21N3O3. The maximum Gasteiger partial charge on any atom is 0.528 e. The molecule has 1 N–H and O–H groups in total. The summed E-state index contributed by atoms with van der Waals surface area (Å²) in [7, 11) is 0. The van der Waals surface area contributed by atoms with Crippen molar-refractivity contribution in [2.75, 3.05) is 19.6 Å². The molecule has 0 radical (unpaired) electrons. The van der Waals surface area contributed by atoms with Crippen LogP contribution in [-0.4, -0.2) is 42.5 Å². The molecule has 18 heavy (non-hydrogen) atoms. The number of hydrogen-bond donors (Lipinski definition) is 1. The van der Waals surface area contributed by atoms with Crippen LogP contribution in [0.5, 0.6) is 0 Å². The first-order valence-corrected chi connectivity index (χ1v) is 6.17. The highest BCUT2D eigenvalue weighted by atomic mass is 16.8. The van der Waals surface area contributed by atoms with E-state index in [2.05, 4.69) is 11.4 Å². The smallest absolute Gasteiger partial charge is 0.427 e. The molecule has 1 aliphatic rings. The first-order chi connectivity index (χ1) is 8.40. The number of nitriles is 1. The number of hydroxylamine groups is 2. The van der Waals surface area contributed by atoms with Gasteiger partial charge in [0, 0.05) is 19.1 Å². The van der Waals surface area contributed by atoms with E-state index in [1.54, 1.807) is 25.8 Å². The summed E-state index contributed by atoms with van der Waals surface area (Å²) in [6.07, 6.45) is 1.04. The molecule has 0 aromatic carbocycles. The van der Waals surface area contributed by atoms with Crippen LogP contribution >= 0.6 is 0 Å². The second kappa shape index (κ2) is 6.57. The number of carbonyl (C=O) groups is 1. The summed E-state index contributed by atoms with van der Waals surface area (Å²) in [4.78, 5) is 16.5. The molecule has 0 saturated carbocycles. The van der Waals surface area contributed by atoms with Crippen LogP contribution in [0.1, 0.15) is 33.6 Å². The van der Waals surface area contributed by atoms with Crippen LogP contribution in [0.2, 0.25) is 0 Å². The van der Waals surface area contributed by atoms with Crippen molar-refractivity contribution < 1.29 is 14.4 Å². The maximum atomic E-state index is 11.4. The summed E-state index contributed by atoms with van der Waals surface area (Å²) < 4.78 is 5.07. The topological polar surface area (TPSA) is 74.6 Å². The zero-order valence-electron chi connectivity index (χ0n) is 11.2. The summed E-state index contributed by atoms with van der Waals surface area (Å²) in [5, 5.41) is 13.2. The Balaban J connectivity index is 2.23. The van der Waals surface area contributed by atoms with Gasteiger partial charge in [0.2, 0.25) is 0 Å². The van der Waals surface area contributed by atoms with Crippen LogP contribution in [0.3, 0.4) is 0 Å². The van der Waals surface area contributed by atoms with Crippen molar-refractivity contribution in [3.8, 4) is 6.07 Å². The molecule has 0 bridgehead atoms. The quantitative estimate of drug-likeness (QED) is 0.607. The Morgan fingerprint density at radius 2 is 2.06 bits per heavy atom. The summed E-state index contributed by atoms with van der Waals surface area (Å²) in [6, 6.07) is 2.38. The van der Waals surface area contributed by atoms with E-state index >= 15 is 0 Å². The van der Waals surface area contributed by atoms with Gasteiger partial charge in [-0.25, -0.2) is 4.79 Å². The molecule has 6 heteroatoms. The minimum Gasteiger partial charge on any atom is -0.427 e. The maximum absolute atomic E-state index is 11.4. The van der Waals surface area contributed by atoms with Gasteiger partial charge >= 0.3 is 6.16 Å². The Labute approximate surface area is 108 Å². The van der Waals surface area contributed by atoms with Gasteiger partial charge in [-0.2, -0.15) is 5.26 Å². The average molecular weight is 255 g/mol. The van der Waals surface area contributed by atoms with Gasteiger partial charge in [-0.05, 0) is 33.6 Å². The van der Waals surface area contributed by atoms with Crippen LogP contribution in [0.4, 0.5) is 4.79 Å². The second-order valence-corrected chi connectivity index (χ2v) is 5.30. The predicted octanol–water partition coefficient (Wildman–Crippen LogP) is 1.43. The monoisotopic (exact) mass is 255 g/mol. The van der Waals surface area contributed by atoms with Gasteiger partial charge in [0.05, 0.1) is 12.6 Å². The summed E-state index contributed by atoms with van der Waals surface area (Å²) >= 11 is 0. The van der Waals surface area contributed by atoms with Gasteiger partial charge in [0.15, 0.2) is 0 Å². The van der Waals surface area contributed by atoms with E-state index in [9.17, 15) is 4.79 Å². The Hall–Kier alpha value is -1.32. The van der Waals surface area contributed by atoms with Crippen LogP contribution in [0, 0.1) is 11.3 Å². The van der Waals surface area contributed by atoms with Crippen molar-refractivity contribution in [1.29, 1.82) is 5.26 Å². The fourth-order valence-electron chi connectivity index (χ4n) is 1.72. The zero-order chi connectivity index (χ0) is 13.6. The predicted molar refractivity (Wildman–Crippen MR) is 65.5 cm³/mol. The number of nitrogens with one attached hydrogen (secondary N) is 1. The lowest BCUT2D eigenvalue weighted by molar-refractivity contribution is -0.152. The molecule has 102 valence electrons. The Bertz CT molecular complexity index is 312. The molecule has 1 heterocycles. The highest BCUT2D eigenvalue weighted by Crippen LogP contribution is 2.13. The molecule has 1 rings (SSSR count). The number of nitrogens with zero attached hydrogens (tertiary/aromatic N) is 2. The minimum absolute atomic E-state index is 0.322. The molecule has 1 saturated heterocycles. The highest BCUT2D eigenvalue weighted by Gasteiger charge is 2.24. The molecule has 0 unspecified atom stereocenters. The first-order valence-electron chi connectivity index (χ1n) is 6.17. The van der Waals surface area contributed by atoms with Crippen molar-refractivity contribution in [1.82, 2.24) is 10.4 Å². The molecule has 0 aromatic heterocycles. The lowest BCUT2D eigenvalue weighted by Crippen LogP contribution is -2.43. The van der Waals surface area contributed by atoms with Crippen molar-refractivity contribution in [3.05, 3.63) is 0 Å². The number of piperidine rings is 1. The second-order valence-electron chi connectivity index (χ2n) is 5.30. The van der Waals surface area contributed by atoms with Crippen LogP contribution in [0.15, 0.2) is 0 Å². The van der Waals surface area contributed by atoms with E-state index < -0.39 is 11.8 Å². The lowest BCUT2D eigenvalue weighted by Gasteiger charge is -2.31. The number of carbonyl (C=O) groups excluding carboxylic acids is 1. The largest absolute Gasteiger partial charge is 0.528 e. The highest BCUT2D eigenvalue weighted by molar-refractivity contribution is 5.60. The zero-order valence-corrected chi connectivity index (χ0v) is 11.2. The molecule has 6 nitrogen and oxygen atoms in total.